The summed E-state index contributed by atoms with van der Waals surface area (Å²) in [5.41, 5.74) is 3.40. The number of carbonyl (C=O) groups is 1. The molecule has 1 aliphatic rings. The lowest BCUT2D eigenvalue weighted by atomic mass is 9.86. The Bertz CT molecular complexity index is 904. The Balaban J connectivity index is 1.61. The van der Waals surface area contributed by atoms with E-state index in [1.54, 1.807) is 18.2 Å². The summed E-state index contributed by atoms with van der Waals surface area (Å²) in [4.78, 5) is 14.5. The second-order valence-corrected chi connectivity index (χ2v) is 9.75. The number of nitrogens with one attached hydrogen (secondary N) is 1. The normalized spacial score (nSPS) is 15.6. The first kappa shape index (κ1) is 21.5. The monoisotopic (exact) mass is 418 g/mol. The predicted octanol–water partition coefficient (Wildman–Crippen LogP) is 2.51. The zero-order chi connectivity index (χ0) is 21.2. The summed E-state index contributed by atoms with van der Waals surface area (Å²) >= 11 is 0. The number of H-pyrrole nitrogens is 1. The van der Waals surface area contributed by atoms with Crippen LogP contribution in [0, 0.1) is 0 Å². The van der Waals surface area contributed by atoms with Crippen molar-refractivity contribution in [3.05, 3.63) is 46.8 Å². The number of fused-ring (bicyclic) bond motifs is 1. The summed E-state index contributed by atoms with van der Waals surface area (Å²) in [6.45, 7) is 8.51. The van der Waals surface area contributed by atoms with Crippen LogP contribution in [0.1, 0.15) is 48.1 Å². The molecular weight excluding hydrogens is 388 g/mol. The molecule has 2 aromatic rings. The number of nitrogens with zero attached hydrogens (tertiary/aromatic N) is 3. The minimum absolute atomic E-state index is 0.0114. The smallest absolute Gasteiger partial charge is 0.274 e. The van der Waals surface area contributed by atoms with Crippen molar-refractivity contribution in [2.45, 2.75) is 39.2 Å². The van der Waals surface area contributed by atoms with Crippen LogP contribution in [0.5, 0.6) is 5.75 Å². The van der Waals surface area contributed by atoms with Gasteiger partial charge < -0.3 is 9.64 Å². The molecule has 1 aromatic carbocycles. The average Bonchev–Trinajstić information content (AvgIpc) is 3.10. The van der Waals surface area contributed by atoms with E-state index >= 15 is 0 Å². The molecule has 3 rings (SSSR count). The van der Waals surface area contributed by atoms with Crippen molar-refractivity contribution in [3.8, 4) is 5.75 Å². The van der Waals surface area contributed by atoms with Crippen molar-refractivity contribution in [1.29, 1.82) is 0 Å². The fourth-order valence-electron chi connectivity index (χ4n) is 3.48. The highest BCUT2D eigenvalue weighted by Crippen LogP contribution is 2.31. The number of aromatic nitrogens is 2. The molecule has 158 valence electrons. The van der Waals surface area contributed by atoms with Crippen LogP contribution < -0.4 is 4.74 Å². The maximum atomic E-state index is 12.9. The molecule has 1 N–H and O–H groups in total. The lowest BCUT2D eigenvalue weighted by Gasteiger charge is -2.25. The average molecular weight is 419 g/mol. The molecule has 2 heterocycles. The number of para-hydroxylation sites is 1. The topological polar surface area (TPSA) is 78.5 Å². The van der Waals surface area contributed by atoms with Gasteiger partial charge in [0.25, 0.3) is 5.91 Å². The van der Waals surface area contributed by atoms with Crippen LogP contribution in [-0.4, -0.2) is 62.5 Å². The SMILES string of the molecule is CN(CCOc1ccccc1C(C)(C)C)C(=O)c1n[nH]c2c1CCN(S(C)=O)C2. The number of hydrogen-bond donors (Lipinski definition) is 1. The van der Waals surface area contributed by atoms with Crippen LogP contribution in [0.3, 0.4) is 0 Å². The fraction of sp³-hybridized carbons (Fsp3) is 0.524. The molecule has 1 amide bonds. The molecule has 29 heavy (non-hydrogen) atoms. The standard InChI is InChI=1S/C21H30N4O3S/c1-21(2,3)16-8-6-7-9-18(16)28-13-12-24(4)20(26)19-15-10-11-25(29(5)27)14-17(15)22-23-19/h6-9H,10-14H2,1-5H3,(H,22,23). The summed E-state index contributed by atoms with van der Waals surface area (Å²) in [5.74, 6) is 0.729. The van der Waals surface area contributed by atoms with Crippen molar-refractivity contribution in [2.75, 3.05) is 33.0 Å². The van der Waals surface area contributed by atoms with Crippen molar-refractivity contribution in [1.82, 2.24) is 19.4 Å². The second-order valence-electron chi connectivity index (χ2n) is 8.39. The van der Waals surface area contributed by atoms with Gasteiger partial charge in [-0.05, 0) is 23.5 Å². The van der Waals surface area contributed by atoms with E-state index in [9.17, 15) is 9.00 Å². The first-order valence-corrected chi connectivity index (χ1v) is 11.3. The molecular formula is C21H30N4O3S. The Morgan fingerprint density at radius 2 is 2.07 bits per heavy atom. The van der Waals surface area contributed by atoms with E-state index in [0.717, 1.165) is 22.6 Å². The molecule has 0 saturated heterocycles. The number of likely N-dealkylation sites (N-methyl/N-ethyl adjacent to an activating group) is 1. The van der Waals surface area contributed by atoms with Gasteiger partial charge in [-0.1, -0.05) is 39.0 Å². The summed E-state index contributed by atoms with van der Waals surface area (Å²) < 4.78 is 19.5. The highest BCUT2D eigenvalue weighted by molar-refractivity contribution is 7.81. The molecule has 1 aromatic heterocycles. The zero-order valence-electron chi connectivity index (χ0n) is 17.8. The number of benzene rings is 1. The minimum Gasteiger partial charge on any atom is -0.491 e. The Hall–Kier alpha value is -2.19. The molecule has 0 saturated carbocycles. The number of aromatic amines is 1. The van der Waals surface area contributed by atoms with E-state index in [1.165, 1.54) is 0 Å². The third-order valence-electron chi connectivity index (χ3n) is 5.19. The van der Waals surface area contributed by atoms with Gasteiger partial charge in [-0.3, -0.25) is 9.89 Å². The molecule has 0 spiro atoms. The van der Waals surface area contributed by atoms with Crippen molar-refractivity contribution in [3.63, 3.8) is 0 Å². The van der Waals surface area contributed by atoms with Gasteiger partial charge in [0.15, 0.2) is 5.69 Å². The van der Waals surface area contributed by atoms with Gasteiger partial charge in [-0.2, -0.15) is 5.10 Å². The largest absolute Gasteiger partial charge is 0.491 e. The van der Waals surface area contributed by atoms with Crippen LogP contribution in [0.25, 0.3) is 0 Å². The summed E-state index contributed by atoms with van der Waals surface area (Å²) in [6.07, 6.45) is 2.33. The molecule has 0 fully saturated rings. The molecule has 1 atom stereocenters. The van der Waals surface area contributed by atoms with Crippen LogP contribution in [-0.2, 0) is 29.4 Å². The van der Waals surface area contributed by atoms with Gasteiger partial charge in [0.2, 0.25) is 0 Å². The quantitative estimate of drug-likeness (QED) is 0.782. The van der Waals surface area contributed by atoms with E-state index in [0.29, 0.717) is 38.4 Å². The number of hydrogen-bond acceptors (Lipinski definition) is 4. The molecule has 0 radical (unpaired) electrons. The first-order chi connectivity index (χ1) is 13.7. The number of amides is 1. The first-order valence-electron chi connectivity index (χ1n) is 9.81. The zero-order valence-corrected chi connectivity index (χ0v) is 18.6. The summed E-state index contributed by atoms with van der Waals surface area (Å²) in [5, 5.41) is 7.19. The molecule has 1 unspecified atom stereocenters. The van der Waals surface area contributed by atoms with E-state index in [4.69, 9.17) is 4.74 Å². The second kappa shape index (κ2) is 8.67. The van der Waals surface area contributed by atoms with Gasteiger partial charge in [-0.15, -0.1) is 0 Å². The van der Waals surface area contributed by atoms with Gasteiger partial charge >= 0.3 is 0 Å². The number of ether oxygens (including phenoxy) is 1. The fourth-order valence-corrected chi connectivity index (χ4v) is 4.14. The lowest BCUT2D eigenvalue weighted by Crippen LogP contribution is -2.34. The molecule has 7 nitrogen and oxygen atoms in total. The van der Waals surface area contributed by atoms with E-state index in [1.807, 2.05) is 22.5 Å². The van der Waals surface area contributed by atoms with E-state index in [2.05, 4.69) is 37.0 Å². The van der Waals surface area contributed by atoms with Crippen LogP contribution in [0.4, 0.5) is 0 Å². The van der Waals surface area contributed by atoms with Crippen LogP contribution in [0.15, 0.2) is 24.3 Å². The molecule has 1 aliphatic heterocycles. The Morgan fingerprint density at radius 1 is 1.34 bits per heavy atom. The highest BCUT2D eigenvalue weighted by atomic mass is 32.2. The Labute approximate surface area is 175 Å². The third-order valence-corrected chi connectivity index (χ3v) is 6.23. The summed E-state index contributed by atoms with van der Waals surface area (Å²) in [6, 6.07) is 8.02. The van der Waals surface area contributed by atoms with Crippen molar-refractivity contribution < 1.29 is 13.7 Å². The lowest BCUT2D eigenvalue weighted by molar-refractivity contribution is 0.0766. The van der Waals surface area contributed by atoms with Crippen molar-refractivity contribution in [2.24, 2.45) is 0 Å². The van der Waals surface area contributed by atoms with Gasteiger partial charge in [0.1, 0.15) is 12.4 Å². The van der Waals surface area contributed by atoms with Crippen molar-refractivity contribution >= 4 is 16.9 Å². The molecule has 0 aliphatic carbocycles. The van der Waals surface area contributed by atoms with Gasteiger partial charge in [0.05, 0.1) is 29.8 Å². The number of rotatable bonds is 6. The van der Waals surface area contributed by atoms with Crippen LogP contribution in [0.2, 0.25) is 0 Å². The van der Waals surface area contributed by atoms with Crippen LogP contribution >= 0.6 is 0 Å². The molecule has 8 heteroatoms. The van der Waals surface area contributed by atoms with Gasteiger partial charge in [-0.25, -0.2) is 8.51 Å². The number of carbonyl (C=O) groups excluding carboxylic acids is 1. The minimum atomic E-state index is -1.03. The van der Waals surface area contributed by atoms with Gasteiger partial charge in [0, 0.05) is 25.4 Å². The third kappa shape index (κ3) is 4.87. The molecule has 0 bridgehead atoms. The maximum absolute atomic E-state index is 12.9. The summed E-state index contributed by atoms with van der Waals surface area (Å²) in [7, 11) is 0.736. The van der Waals surface area contributed by atoms with E-state index in [-0.39, 0.29) is 11.3 Å². The Morgan fingerprint density at radius 3 is 2.76 bits per heavy atom. The Kier molecular flexibility index (Phi) is 6.43. The maximum Gasteiger partial charge on any atom is 0.274 e. The highest BCUT2D eigenvalue weighted by Gasteiger charge is 2.28. The predicted molar refractivity (Wildman–Crippen MR) is 114 cm³/mol. The van der Waals surface area contributed by atoms with E-state index < -0.39 is 11.0 Å².